The SMILES string of the molecule is CCOc1ccc(N2C(=O)C(Nc3ccc(OC)cc3OC)=C(Sc3ccc(C)cc3)C2=O)cc1. The number of carbonyl (C=O) groups is 2. The second kappa shape index (κ2) is 10.6. The van der Waals surface area contributed by atoms with Crippen LogP contribution in [0.3, 0.4) is 0 Å². The molecule has 7 nitrogen and oxygen atoms in total. The lowest BCUT2D eigenvalue weighted by Gasteiger charge is -2.16. The first-order chi connectivity index (χ1) is 16.9. The Morgan fingerprint density at radius 1 is 0.857 bits per heavy atom. The number of methoxy groups -OCH3 is 2. The van der Waals surface area contributed by atoms with Gasteiger partial charge in [0.15, 0.2) is 0 Å². The van der Waals surface area contributed by atoms with Gasteiger partial charge >= 0.3 is 0 Å². The molecule has 0 saturated carbocycles. The third kappa shape index (κ3) is 5.12. The summed E-state index contributed by atoms with van der Waals surface area (Å²) < 4.78 is 16.2. The van der Waals surface area contributed by atoms with Crippen LogP contribution in [0.15, 0.2) is 82.2 Å². The van der Waals surface area contributed by atoms with E-state index in [1.165, 1.54) is 23.8 Å². The summed E-state index contributed by atoms with van der Waals surface area (Å²) in [6, 6.07) is 19.9. The van der Waals surface area contributed by atoms with Crippen LogP contribution in [0, 0.1) is 6.92 Å². The van der Waals surface area contributed by atoms with Gasteiger partial charge in [-0.1, -0.05) is 29.5 Å². The fourth-order valence-corrected chi connectivity index (χ4v) is 4.49. The second-order valence-electron chi connectivity index (χ2n) is 7.68. The molecular formula is C27H26N2O5S. The first-order valence-electron chi connectivity index (χ1n) is 11.0. The average molecular weight is 491 g/mol. The third-order valence-corrected chi connectivity index (χ3v) is 6.45. The van der Waals surface area contributed by atoms with Gasteiger partial charge in [0.25, 0.3) is 11.8 Å². The fraction of sp³-hybridized carbons (Fsp3) is 0.185. The Morgan fingerprint density at radius 2 is 1.54 bits per heavy atom. The fourth-order valence-electron chi connectivity index (χ4n) is 3.57. The number of anilines is 2. The molecule has 0 bridgehead atoms. The highest BCUT2D eigenvalue weighted by molar-refractivity contribution is 8.04. The zero-order valence-corrected chi connectivity index (χ0v) is 20.8. The van der Waals surface area contributed by atoms with Crippen molar-refractivity contribution in [1.29, 1.82) is 0 Å². The molecular weight excluding hydrogens is 464 g/mol. The van der Waals surface area contributed by atoms with Gasteiger partial charge in [-0.2, -0.15) is 0 Å². The smallest absolute Gasteiger partial charge is 0.283 e. The van der Waals surface area contributed by atoms with Gasteiger partial charge in [-0.05, 0) is 62.4 Å². The number of amides is 2. The highest BCUT2D eigenvalue weighted by Crippen LogP contribution is 2.40. The summed E-state index contributed by atoms with van der Waals surface area (Å²) in [5, 5.41) is 3.15. The molecule has 3 aromatic rings. The van der Waals surface area contributed by atoms with Crippen LogP contribution in [0.5, 0.6) is 17.2 Å². The molecule has 0 fully saturated rings. The molecule has 1 heterocycles. The molecule has 0 aliphatic carbocycles. The predicted molar refractivity (Wildman–Crippen MR) is 137 cm³/mol. The van der Waals surface area contributed by atoms with Crippen LogP contribution in [0.1, 0.15) is 12.5 Å². The van der Waals surface area contributed by atoms with Crippen LogP contribution >= 0.6 is 11.8 Å². The summed E-state index contributed by atoms with van der Waals surface area (Å²) >= 11 is 1.24. The van der Waals surface area contributed by atoms with Gasteiger partial charge in [-0.3, -0.25) is 9.59 Å². The lowest BCUT2D eigenvalue weighted by atomic mass is 10.2. The molecule has 2 amide bonds. The van der Waals surface area contributed by atoms with Crippen LogP contribution in [0.2, 0.25) is 0 Å². The number of aryl methyl sites for hydroxylation is 1. The van der Waals surface area contributed by atoms with E-state index < -0.39 is 11.8 Å². The zero-order valence-electron chi connectivity index (χ0n) is 20.0. The molecule has 0 radical (unpaired) electrons. The Balaban J connectivity index is 1.73. The van der Waals surface area contributed by atoms with Crippen LogP contribution in [0.4, 0.5) is 11.4 Å². The maximum Gasteiger partial charge on any atom is 0.283 e. The number of rotatable bonds is 9. The van der Waals surface area contributed by atoms with E-state index in [9.17, 15) is 9.59 Å². The van der Waals surface area contributed by atoms with Gasteiger partial charge < -0.3 is 19.5 Å². The Bertz CT molecular complexity index is 1270. The van der Waals surface area contributed by atoms with Crippen LogP contribution in [0.25, 0.3) is 0 Å². The van der Waals surface area contributed by atoms with E-state index in [4.69, 9.17) is 14.2 Å². The van der Waals surface area contributed by atoms with Gasteiger partial charge in [-0.25, -0.2) is 4.90 Å². The van der Waals surface area contributed by atoms with Crippen LogP contribution in [-0.4, -0.2) is 32.6 Å². The van der Waals surface area contributed by atoms with Crippen molar-refractivity contribution in [3.05, 3.63) is 82.9 Å². The van der Waals surface area contributed by atoms with Crippen molar-refractivity contribution in [2.45, 2.75) is 18.7 Å². The quantitative estimate of drug-likeness (QED) is 0.403. The Labute approximate surface area is 208 Å². The molecule has 0 spiro atoms. The molecule has 0 aromatic heterocycles. The van der Waals surface area contributed by atoms with Crippen molar-refractivity contribution in [2.24, 2.45) is 0 Å². The van der Waals surface area contributed by atoms with Crippen molar-refractivity contribution in [2.75, 3.05) is 31.0 Å². The van der Waals surface area contributed by atoms with Gasteiger partial charge in [-0.15, -0.1) is 0 Å². The number of nitrogens with zero attached hydrogens (tertiary/aromatic N) is 1. The number of benzene rings is 3. The highest BCUT2D eigenvalue weighted by atomic mass is 32.2. The predicted octanol–water partition coefficient (Wildman–Crippen LogP) is 5.40. The molecule has 180 valence electrons. The van der Waals surface area contributed by atoms with Gasteiger partial charge in [0, 0.05) is 11.0 Å². The molecule has 0 atom stereocenters. The summed E-state index contributed by atoms with van der Waals surface area (Å²) in [7, 11) is 3.10. The van der Waals surface area contributed by atoms with E-state index in [1.54, 1.807) is 49.6 Å². The average Bonchev–Trinajstić information content (AvgIpc) is 3.10. The second-order valence-corrected chi connectivity index (χ2v) is 8.77. The van der Waals surface area contributed by atoms with Crippen molar-refractivity contribution in [3.63, 3.8) is 0 Å². The van der Waals surface area contributed by atoms with E-state index in [1.807, 2.05) is 38.1 Å². The molecule has 8 heteroatoms. The topological polar surface area (TPSA) is 77.1 Å². The van der Waals surface area contributed by atoms with E-state index >= 15 is 0 Å². The van der Waals surface area contributed by atoms with Crippen molar-refractivity contribution >= 4 is 35.0 Å². The minimum atomic E-state index is -0.452. The Kier molecular flexibility index (Phi) is 7.31. The highest BCUT2D eigenvalue weighted by Gasteiger charge is 2.40. The van der Waals surface area contributed by atoms with Crippen molar-refractivity contribution < 1.29 is 23.8 Å². The maximum atomic E-state index is 13.6. The van der Waals surface area contributed by atoms with Gasteiger partial charge in [0.2, 0.25) is 0 Å². The van der Waals surface area contributed by atoms with Crippen LogP contribution in [-0.2, 0) is 9.59 Å². The number of hydrogen-bond donors (Lipinski definition) is 1. The third-order valence-electron chi connectivity index (χ3n) is 5.36. The normalized spacial score (nSPS) is 13.3. The summed E-state index contributed by atoms with van der Waals surface area (Å²) in [5.74, 6) is 0.905. The van der Waals surface area contributed by atoms with Crippen molar-refractivity contribution in [1.82, 2.24) is 0 Å². The Hall–Kier alpha value is -3.91. The number of imide groups is 1. The molecule has 3 aromatic carbocycles. The zero-order chi connectivity index (χ0) is 24.9. The summed E-state index contributed by atoms with van der Waals surface area (Å²) in [6.45, 7) is 4.41. The van der Waals surface area contributed by atoms with E-state index in [2.05, 4.69) is 5.32 Å². The molecule has 1 aliphatic rings. The minimum absolute atomic E-state index is 0.179. The summed E-state index contributed by atoms with van der Waals surface area (Å²) in [5.41, 5.74) is 2.29. The number of nitrogens with one attached hydrogen (secondary N) is 1. The standard InChI is InChI=1S/C27H26N2O5S/c1-5-34-19-10-8-18(9-11-19)29-26(30)24(28-22-15-12-20(32-3)16-23(22)33-4)25(27(29)31)35-21-13-6-17(2)7-14-21/h6-16,28H,5H2,1-4H3. The molecule has 0 unspecified atom stereocenters. The van der Waals surface area contributed by atoms with Crippen molar-refractivity contribution in [3.8, 4) is 17.2 Å². The minimum Gasteiger partial charge on any atom is -0.497 e. The molecule has 0 saturated heterocycles. The number of thioether (sulfide) groups is 1. The monoisotopic (exact) mass is 490 g/mol. The first kappa shape index (κ1) is 24.2. The van der Waals surface area contributed by atoms with E-state index in [0.717, 1.165) is 10.5 Å². The van der Waals surface area contributed by atoms with Gasteiger partial charge in [0.05, 0.1) is 32.2 Å². The molecule has 35 heavy (non-hydrogen) atoms. The molecule has 4 rings (SSSR count). The first-order valence-corrected chi connectivity index (χ1v) is 11.9. The number of ether oxygens (including phenoxy) is 3. The lowest BCUT2D eigenvalue weighted by Crippen LogP contribution is -2.32. The number of hydrogen-bond acceptors (Lipinski definition) is 7. The summed E-state index contributed by atoms with van der Waals surface area (Å²) in [6.07, 6.45) is 0. The lowest BCUT2D eigenvalue weighted by molar-refractivity contribution is -0.120. The summed E-state index contributed by atoms with van der Waals surface area (Å²) in [4.78, 5) is 29.5. The number of carbonyl (C=O) groups excluding carboxylic acids is 2. The van der Waals surface area contributed by atoms with E-state index in [0.29, 0.717) is 40.1 Å². The van der Waals surface area contributed by atoms with Crippen LogP contribution < -0.4 is 24.4 Å². The largest absolute Gasteiger partial charge is 0.497 e. The van der Waals surface area contributed by atoms with Gasteiger partial charge in [0.1, 0.15) is 27.9 Å². The van der Waals surface area contributed by atoms with E-state index in [-0.39, 0.29) is 5.70 Å². The Morgan fingerprint density at radius 3 is 2.17 bits per heavy atom. The molecule has 1 aliphatic heterocycles. The molecule has 1 N–H and O–H groups in total. The maximum absolute atomic E-state index is 13.6.